The fourth-order valence-electron chi connectivity index (χ4n) is 1.94. The van der Waals surface area contributed by atoms with E-state index in [9.17, 15) is 0 Å². The lowest BCUT2D eigenvalue weighted by atomic mass is 10.1. The standard InChI is InChI=1S/C11H15N3O2S/c12-10(14-16)8-6-7-2-1-3-9(7)13-11(8)17-5-4-15/h6,15-16H,1-5H2,(H2,12,14). The first-order chi connectivity index (χ1) is 8.26. The SMILES string of the molecule is NC(=NO)c1cc2c(nc1SCCO)CCC2. The second-order valence-corrected chi connectivity index (χ2v) is 4.94. The van der Waals surface area contributed by atoms with Gasteiger partial charge >= 0.3 is 0 Å². The molecule has 0 unspecified atom stereocenters. The van der Waals surface area contributed by atoms with Gasteiger partial charge < -0.3 is 16.0 Å². The summed E-state index contributed by atoms with van der Waals surface area (Å²) >= 11 is 1.42. The smallest absolute Gasteiger partial charge is 0.172 e. The maximum Gasteiger partial charge on any atom is 0.172 e. The summed E-state index contributed by atoms with van der Waals surface area (Å²) in [5, 5.41) is 21.4. The van der Waals surface area contributed by atoms with Crippen LogP contribution in [0.25, 0.3) is 0 Å². The molecule has 0 saturated heterocycles. The fraction of sp³-hybridized carbons (Fsp3) is 0.455. The van der Waals surface area contributed by atoms with E-state index in [0.29, 0.717) is 11.3 Å². The molecule has 0 amide bonds. The van der Waals surface area contributed by atoms with E-state index in [0.717, 1.165) is 30.0 Å². The zero-order valence-electron chi connectivity index (χ0n) is 9.39. The Balaban J connectivity index is 2.39. The van der Waals surface area contributed by atoms with Crippen molar-refractivity contribution in [1.82, 2.24) is 4.98 Å². The minimum absolute atomic E-state index is 0.0765. The van der Waals surface area contributed by atoms with E-state index in [4.69, 9.17) is 16.0 Å². The second kappa shape index (κ2) is 5.37. The van der Waals surface area contributed by atoms with Crippen molar-refractivity contribution in [3.05, 3.63) is 22.9 Å². The number of aromatic nitrogens is 1. The van der Waals surface area contributed by atoms with Crippen molar-refractivity contribution >= 4 is 17.6 Å². The summed E-state index contributed by atoms with van der Waals surface area (Å²) in [5.41, 5.74) is 8.58. The van der Waals surface area contributed by atoms with E-state index in [-0.39, 0.29) is 12.4 Å². The van der Waals surface area contributed by atoms with Crippen molar-refractivity contribution in [2.45, 2.75) is 24.3 Å². The van der Waals surface area contributed by atoms with Gasteiger partial charge in [-0.1, -0.05) is 5.16 Å². The third kappa shape index (κ3) is 2.53. The van der Waals surface area contributed by atoms with Crippen LogP contribution in [-0.2, 0) is 12.8 Å². The number of aliphatic hydroxyl groups is 1. The summed E-state index contributed by atoms with van der Waals surface area (Å²) in [6, 6.07) is 1.95. The zero-order valence-corrected chi connectivity index (χ0v) is 10.2. The average molecular weight is 253 g/mol. The molecule has 0 radical (unpaired) electrons. The zero-order chi connectivity index (χ0) is 12.3. The highest BCUT2D eigenvalue weighted by Crippen LogP contribution is 2.27. The Morgan fingerprint density at radius 1 is 1.53 bits per heavy atom. The Kier molecular flexibility index (Phi) is 3.86. The summed E-state index contributed by atoms with van der Waals surface area (Å²) < 4.78 is 0. The van der Waals surface area contributed by atoms with Crippen LogP contribution in [0.15, 0.2) is 16.2 Å². The number of rotatable bonds is 4. The number of aryl methyl sites for hydroxylation is 2. The third-order valence-corrected chi connectivity index (χ3v) is 3.70. The number of fused-ring (bicyclic) bond motifs is 1. The van der Waals surface area contributed by atoms with Crippen LogP contribution in [0.3, 0.4) is 0 Å². The molecule has 1 aliphatic carbocycles. The normalized spacial score (nSPS) is 15.0. The van der Waals surface area contributed by atoms with Crippen LogP contribution in [0.4, 0.5) is 0 Å². The first kappa shape index (κ1) is 12.2. The molecule has 0 aliphatic heterocycles. The van der Waals surface area contributed by atoms with Crippen molar-refractivity contribution in [3.8, 4) is 0 Å². The topological polar surface area (TPSA) is 91.7 Å². The van der Waals surface area contributed by atoms with E-state index in [1.54, 1.807) is 0 Å². The highest BCUT2D eigenvalue weighted by atomic mass is 32.2. The molecule has 1 aromatic heterocycles. The van der Waals surface area contributed by atoms with Gasteiger partial charge in [-0.25, -0.2) is 4.98 Å². The lowest BCUT2D eigenvalue weighted by Crippen LogP contribution is -2.16. The van der Waals surface area contributed by atoms with Crippen molar-refractivity contribution in [3.63, 3.8) is 0 Å². The van der Waals surface area contributed by atoms with E-state index >= 15 is 0 Å². The molecule has 0 aromatic carbocycles. The number of hydrogen-bond donors (Lipinski definition) is 3. The Morgan fingerprint density at radius 3 is 3.06 bits per heavy atom. The fourth-order valence-corrected chi connectivity index (χ4v) is 2.72. The van der Waals surface area contributed by atoms with Gasteiger partial charge in [0.1, 0.15) is 5.03 Å². The number of pyridine rings is 1. The van der Waals surface area contributed by atoms with Gasteiger partial charge in [0.25, 0.3) is 0 Å². The van der Waals surface area contributed by atoms with Gasteiger partial charge in [0.2, 0.25) is 0 Å². The predicted octanol–water partition coefficient (Wildman–Crippen LogP) is 0.749. The largest absolute Gasteiger partial charge is 0.409 e. The lowest BCUT2D eigenvalue weighted by molar-refractivity contribution is 0.318. The molecule has 4 N–H and O–H groups in total. The van der Waals surface area contributed by atoms with Gasteiger partial charge in [-0.3, -0.25) is 0 Å². The molecule has 1 aliphatic rings. The predicted molar refractivity (Wildman–Crippen MR) is 66.6 cm³/mol. The maximum absolute atomic E-state index is 8.85. The number of nitrogens with two attached hydrogens (primary N) is 1. The van der Waals surface area contributed by atoms with Gasteiger partial charge in [-0.15, -0.1) is 11.8 Å². The van der Waals surface area contributed by atoms with Crippen LogP contribution in [0.5, 0.6) is 0 Å². The van der Waals surface area contributed by atoms with Gasteiger partial charge in [0.15, 0.2) is 5.84 Å². The van der Waals surface area contributed by atoms with Crippen LogP contribution in [0.2, 0.25) is 0 Å². The maximum atomic E-state index is 8.85. The molecule has 1 aromatic rings. The molecule has 0 bridgehead atoms. The Morgan fingerprint density at radius 2 is 2.35 bits per heavy atom. The summed E-state index contributed by atoms with van der Waals surface area (Å²) in [5.74, 6) is 0.630. The van der Waals surface area contributed by atoms with Crippen molar-refractivity contribution in [1.29, 1.82) is 0 Å². The van der Waals surface area contributed by atoms with Gasteiger partial charge in [-0.2, -0.15) is 0 Å². The number of nitrogens with zero attached hydrogens (tertiary/aromatic N) is 2. The number of oxime groups is 1. The van der Waals surface area contributed by atoms with Gasteiger partial charge in [0, 0.05) is 11.4 Å². The van der Waals surface area contributed by atoms with Crippen LogP contribution in [0, 0.1) is 0 Å². The van der Waals surface area contributed by atoms with E-state index in [2.05, 4.69) is 10.1 Å². The van der Waals surface area contributed by atoms with Crippen LogP contribution >= 0.6 is 11.8 Å². The lowest BCUT2D eigenvalue weighted by Gasteiger charge is -2.09. The first-order valence-corrected chi connectivity index (χ1v) is 6.49. The Bertz CT molecular complexity index is 449. The molecule has 0 atom stereocenters. The van der Waals surface area contributed by atoms with Gasteiger partial charge in [-0.05, 0) is 30.9 Å². The number of thioether (sulfide) groups is 1. The van der Waals surface area contributed by atoms with E-state index < -0.39 is 0 Å². The summed E-state index contributed by atoms with van der Waals surface area (Å²) in [4.78, 5) is 4.54. The monoisotopic (exact) mass is 253 g/mol. The van der Waals surface area contributed by atoms with Crippen LogP contribution < -0.4 is 5.73 Å². The van der Waals surface area contributed by atoms with Crippen LogP contribution in [0.1, 0.15) is 23.2 Å². The number of aliphatic hydroxyl groups excluding tert-OH is 1. The molecule has 17 heavy (non-hydrogen) atoms. The highest BCUT2D eigenvalue weighted by Gasteiger charge is 2.18. The molecule has 0 saturated carbocycles. The molecule has 2 rings (SSSR count). The van der Waals surface area contributed by atoms with E-state index in [1.165, 1.54) is 17.3 Å². The van der Waals surface area contributed by atoms with Crippen molar-refractivity contribution in [2.75, 3.05) is 12.4 Å². The summed E-state index contributed by atoms with van der Waals surface area (Å²) in [6.45, 7) is 0.0824. The summed E-state index contributed by atoms with van der Waals surface area (Å²) in [6.07, 6.45) is 3.09. The Labute approximate surface area is 104 Å². The second-order valence-electron chi connectivity index (χ2n) is 3.86. The molecular weight excluding hydrogens is 238 g/mol. The number of hydrogen-bond acceptors (Lipinski definition) is 5. The minimum atomic E-state index is 0.0765. The molecule has 92 valence electrons. The molecule has 0 spiro atoms. The summed E-state index contributed by atoms with van der Waals surface area (Å²) in [7, 11) is 0. The molecular formula is C11H15N3O2S. The minimum Gasteiger partial charge on any atom is -0.409 e. The number of amidine groups is 1. The third-order valence-electron chi connectivity index (χ3n) is 2.73. The molecule has 5 nitrogen and oxygen atoms in total. The first-order valence-electron chi connectivity index (χ1n) is 5.50. The molecule has 6 heteroatoms. The molecule has 0 fully saturated rings. The average Bonchev–Trinajstić information content (AvgIpc) is 2.81. The van der Waals surface area contributed by atoms with Crippen molar-refractivity contribution in [2.24, 2.45) is 10.9 Å². The highest BCUT2D eigenvalue weighted by molar-refractivity contribution is 7.99. The van der Waals surface area contributed by atoms with E-state index in [1.807, 2.05) is 6.07 Å². The van der Waals surface area contributed by atoms with Crippen molar-refractivity contribution < 1.29 is 10.3 Å². The Hall–Kier alpha value is -1.27. The quantitative estimate of drug-likeness (QED) is 0.242. The van der Waals surface area contributed by atoms with Crippen LogP contribution in [-0.4, -0.2) is 33.5 Å². The van der Waals surface area contributed by atoms with Gasteiger partial charge in [0.05, 0.1) is 12.2 Å². The molecule has 1 heterocycles.